The van der Waals surface area contributed by atoms with E-state index in [4.69, 9.17) is 0 Å². The van der Waals surface area contributed by atoms with Crippen LogP contribution in [0.2, 0.25) is 0 Å². The molecule has 0 spiro atoms. The predicted octanol–water partition coefficient (Wildman–Crippen LogP) is 2.05. The smallest absolute Gasteiger partial charge is 0.231 e. The van der Waals surface area contributed by atoms with E-state index < -0.39 is 0 Å². The first kappa shape index (κ1) is 11.6. The minimum Gasteiger partial charge on any atom is -0.324 e. The standard InChI is InChI=1S/C14H14N4O/c1-9-5-6-15-14(16-9)17-11-3-4-12-10(7-11)8-13(19)18(12)2/h3-7H,8H2,1-2H3,(H,15,16,17). The summed E-state index contributed by atoms with van der Waals surface area (Å²) in [6.07, 6.45) is 2.17. The van der Waals surface area contributed by atoms with Crippen LogP contribution in [-0.4, -0.2) is 22.9 Å². The van der Waals surface area contributed by atoms with Gasteiger partial charge in [0.05, 0.1) is 6.42 Å². The fourth-order valence-electron chi connectivity index (χ4n) is 2.19. The predicted molar refractivity (Wildman–Crippen MR) is 73.6 cm³/mol. The normalized spacial score (nSPS) is 13.6. The number of carbonyl (C=O) groups is 1. The molecule has 1 aromatic carbocycles. The van der Waals surface area contributed by atoms with E-state index in [-0.39, 0.29) is 5.91 Å². The Bertz CT molecular complexity index is 654. The number of amides is 1. The molecule has 1 aromatic heterocycles. The van der Waals surface area contributed by atoms with Gasteiger partial charge in [0.25, 0.3) is 0 Å². The van der Waals surface area contributed by atoms with Crippen molar-refractivity contribution in [3.05, 3.63) is 41.7 Å². The molecule has 2 heterocycles. The maximum atomic E-state index is 11.6. The quantitative estimate of drug-likeness (QED) is 0.891. The summed E-state index contributed by atoms with van der Waals surface area (Å²) < 4.78 is 0. The molecule has 96 valence electrons. The molecule has 3 rings (SSSR count). The third-order valence-corrected chi connectivity index (χ3v) is 3.21. The monoisotopic (exact) mass is 254 g/mol. The summed E-state index contributed by atoms with van der Waals surface area (Å²) in [5.41, 5.74) is 3.81. The molecule has 0 atom stereocenters. The van der Waals surface area contributed by atoms with Gasteiger partial charge in [0.15, 0.2) is 0 Å². The molecule has 5 heteroatoms. The van der Waals surface area contributed by atoms with Crippen molar-refractivity contribution in [2.75, 3.05) is 17.3 Å². The van der Waals surface area contributed by atoms with Gasteiger partial charge in [0, 0.05) is 30.3 Å². The number of rotatable bonds is 2. The first-order chi connectivity index (χ1) is 9.13. The van der Waals surface area contributed by atoms with Gasteiger partial charge in [-0.15, -0.1) is 0 Å². The van der Waals surface area contributed by atoms with E-state index >= 15 is 0 Å². The Morgan fingerprint density at radius 2 is 2.16 bits per heavy atom. The third-order valence-electron chi connectivity index (χ3n) is 3.21. The third kappa shape index (κ3) is 2.14. The topological polar surface area (TPSA) is 58.1 Å². The van der Waals surface area contributed by atoms with Crippen LogP contribution < -0.4 is 10.2 Å². The highest BCUT2D eigenvalue weighted by atomic mass is 16.2. The average molecular weight is 254 g/mol. The lowest BCUT2D eigenvalue weighted by Gasteiger charge is -2.11. The zero-order chi connectivity index (χ0) is 13.4. The summed E-state index contributed by atoms with van der Waals surface area (Å²) in [5.74, 6) is 0.691. The summed E-state index contributed by atoms with van der Waals surface area (Å²) >= 11 is 0. The van der Waals surface area contributed by atoms with Gasteiger partial charge in [0.2, 0.25) is 11.9 Å². The van der Waals surface area contributed by atoms with E-state index in [1.54, 1.807) is 18.1 Å². The van der Waals surface area contributed by atoms with Crippen LogP contribution in [0.1, 0.15) is 11.3 Å². The molecule has 19 heavy (non-hydrogen) atoms. The van der Waals surface area contributed by atoms with Crippen molar-refractivity contribution in [2.24, 2.45) is 0 Å². The van der Waals surface area contributed by atoms with E-state index in [0.29, 0.717) is 12.4 Å². The molecule has 0 aliphatic carbocycles. The molecule has 0 bridgehead atoms. The molecule has 1 aliphatic rings. The number of likely N-dealkylation sites (N-methyl/N-ethyl adjacent to an activating group) is 1. The van der Waals surface area contributed by atoms with Crippen molar-refractivity contribution in [3.8, 4) is 0 Å². The number of nitrogens with zero attached hydrogens (tertiary/aromatic N) is 3. The van der Waals surface area contributed by atoms with E-state index in [1.807, 2.05) is 31.2 Å². The zero-order valence-corrected chi connectivity index (χ0v) is 10.8. The number of aryl methyl sites for hydroxylation is 1. The van der Waals surface area contributed by atoms with Gasteiger partial charge >= 0.3 is 0 Å². The highest BCUT2D eigenvalue weighted by Crippen LogP contribution is 2.30. The number of hydrogen-bond acceptors (Lipinski definition) is 4. The summed E-state index contributed by atoms with van der Waals surface area (Å²) in [7, 11) is 1.80. The second kappa shape index (κ2) is 4.35. The Morgan fingerprint density at radius 3 is 2.95 bits per heavy atom. The Kier molecular flexibility index (Phi) is 2.67. The molecule has 1 N–H and O–H groups in total. The fraction of sp³-hybridized carbons (Fsp3) is 0.214. The van der Waals surface area contributed by atoms with Gasteiger partial charge in [0.1, 0.15) is 0 Å². The first-order valence-electron chi connectivity index (χ1n) is 6.09. The molecule has 2 aromatic rings. The molecule has 1 aliphatic heterocycles. The number of anilines is 3. The number of nitrogens with one attached hydrogen (secondary N) is 1. The van der Waals surface area contributed by atoms with Crippen molar-refractivity contribution in [1.82, 2.24) is 9.97 Å². The molecule has 0 unspecified atom stereocenters. The van der Waals surface area contributed by atoms with Crippen LogP contribution in [0.4, 0.5) is 17.3 Å². The Hall–Kier alpha value is -2.43. The Balaban J connectivity index is 1.88. The Morgan fingerprint density at radius 1 is 1.32 bits per heavy atom. The number of aromatic nitrogens is 2. The highest BCUT2D eigenvalue weighted by Gasteiger charge is 2.23. The highest BCUT2D eigenvalue weighted by molar-refractivity contribution is 6.01. The maximum absolute atomic E-state index is 11.6. The van der Waals surface area contributed by atoms with Crippen LogP contribution >= 0.6 is 0 Å². The molecule has 0 saturated heterocycles. The number of benzene rings is 1. The molecule has 0 saturated carbocycles. The summed E-state index contributed by atoms with van der Waals surface area (Å²) in [5, 5.41) is 3.15. The largest absolute Gasteiger partial charge is 0.324 e. The molecule has 0 fully saturated rings. The Labute approximate surface area is 111 Å². The second-order valence-corrected chi connectivity index (χ2v) is 4.62. The van der Waals surface area contributed by atoms with Crippen molar-refractivity contribution in [1.29, 1.82) is 0 Å². The summed E-state index contributed by atoms with van der Waals surface area (Å²) in [6.45, 7) is 1.92. The summed E-state index contributed by atoms with van der Waals surface area (Å²) in [6, 6.07) is 7.70. The van der Waals surface area contributed by atoms with Crippen LogP contribution in [0.25, 0.3) is 0 Å². The second-order valence-electron chi connectivity index (χ2n) is 4.62. The van der Waals surface area contributed by atoms with Gasteiger partial charge in [-0.3, -0.25) is 4.79 Å². The molecule has 1 amide bonds. The molecule has 0 radical (unpaired) electrons. The van der Waals surface area contributed by atoms with Crippen molar-refractivity contribution in [3.63, 3.8) is 0 Å². The van der Waals surface area contributed by atoms with Gasteiger partial charge in [-0.05, 0) is 36.8 Å². The van der Waals surface area contributed by atoms with E-state index in [0.717, 1.165) is 22.6 Å². The van der Waals surface area contributed by atoms with E-state index in [9.17, 15) is 4.79 Å². The van der Waals surface area contributed by atoms with Gasteiger partial charge in [-0.1, -0.05) is 0 Å². The minimum atomic E-state index is 0.124. The van der Waals surface area contributed by atoms with Crippen LogP contribution in [0.3, 0.4) is 0 Å². The van der Waals surface area contributed by atoms with Gasteiger partial charge in [-0.25, -0.2) is 9.97 Å². The fourth-order valence-corrected chi connectivity index (χ4v) is 2.19. The van der Waals surface area contributed by atoms with Crippen LogP contribution in [0.5, 0.6) is 0 Å². The number of carbonyl (C=O) groups excluding carboxylic acids is 1. The lowest BCUT2D eigenvalue weighted by Crippen LogP contribution is -2.20. The molecular formula is C14H14N4O. The molecular weight excluding hydrogens is 240 g/mol. The van der Waals surface area contributed by atoms with Crippen molar-refractivity contribution >= 4 is 23.2 Å². The van der Waals surface area contributed by atoms with E-state index in [1.165, 1.54) is 0 Å². The van der Waals surface area contributed by atoms with Crippen molar-refractivity contribution < 1.29 is 4.79 Å². The molecule has 5 nitrogen and oxygen atoms in total. The SMILES string of the molecule is Cc1ccnc(Nc2ccc3c(c2)CC(=O)N3C)n1. The van der Waals surface area contributed by atoms with Gasteiger partial charge in [-0.2, -0.15) is 0 Å². The van der Waals surface area contributed by atoms with E-state index in [2.05, 4.69) is 15.3 Å². The minimum absolute atomic E-state index is 0.124. The van der Waals surface area contributed by atoms with Crippen LogP contribution in [0, 0.1) is 6.92 Å². The lowest BCUT2D eigenvalue weighted by molar-refractivity contribution is -0.117. The van der Waals surface area contributed by atoms with Gasteiger partial charge < -0.3 is 10.2 Å². The average Bonchev–Trinajstić information content (AvgIpc) is 2.65. The zero-order valence-electron chi connectivity index (χ0n) is 10.8. The summed E-state index contributed by atoms with van der Waals surface area (Å²) in [4.78, 5) is 21.8. The first-order valence-corrected chi connectivity index (χ1v) is 6.09. The van der Waals surface area contributed by atoms with Crippen LogP contribution in [0.15, 0.2) is 30.5 Å². The maximum Gasteiger partial charge on any atom is 0.231 e. The number of fused-ring (bicyclic) bond motifs is 1. The van der Waals surface area contributed by atoms with Crippen LogP contribution in [-0.2, 0) is 11.2 Å². The number of hydrogen-bond donors (Lipinski definition) is 1. The van der Waals surface area contributed by atoms with Crippen molar-refractivity contribution in [2.45, 2.75) is 13.3 Å². The lowest BCUT2D eigenvalue weighted by atomic mass is 10.1.